The van der Waals surface area contributed by atoms with Crippen LogP contribution in [0.4, 0.5) is 0 Å². The third-order valence-corrected chi connectivity index (χ3v) is 3.54. The van der Waals surface area contributed by atoms with E-state index in [1.54, 1.807) is 11.3 Å². The molecule has 2 rings (SSSR count). The molecule has 0 spiro atoms. The van der Waals surface area contributed by atoms with Crippen LogP contribution in [0, 0.1) is 0 Å². The standard InChI is InChI=1S/C11H17NO2S/c1-9-7-14-11(6-13)5-12(9)4-10-2-3-15-8-10/h2-3,8-9,11,13H,4-7H2,1H3. The van der Waals surface area contributed by atoms with E-state index in [4.69, 9.17) is 9.84 Å². The number of aliphatic hydroxyl groups is 1. The van der Waals surface area contributed by atoms with E-state index in [1.165, 1.54) is 5.56 Å². The highest BCUT2D eigenvalue weighted by molar-refractivity contribution is 7.07. The summed E-state index contributed by atoms with van der Waals surface area (Å²) in [6, 6.07) is 2.59. The maximum absolute atomic E-state index is 9.07. The van der Waals surface area contributed by atoms with Crippen LogP contribution in [0.15, 0.2) is 16.8 Å². The van der Waals surface area contributed by atoms with E-state index in [0.29, 0.717) is 6.04 Å². The number of hydrogen-bond acceptors (Lipinski definition) is 4. The zero-order valence-electron chi connectivity index (χ0n) is 8.93. The quantitative estimate of drug-likeness (QED) is 0.845. The van der Waals surface area contributed by atoms with Crippen LogP contribution in [-0.4, -0.2) is 41.9 Å². The number of ether oxygens (including phenoxy) is 1. The van der Waals surface area contributed by atoms with Crippen molar-refractivity contribution in [3.8, 4) is 0 Å². The molecule has 0 aromatic carbocycles. The first-order valence-electron chi connectivity index (χ1n) is 5.27. The van der Waals surface area contributed by atoms with Crippen molar-refractivity contribution < 1.29 is 9.84 Å². The van der Waals surface area contributed by atoms with Crippen molar-refractivity contribution in [1.82, 2.24) is 4.90 Å². The summed E-state index contributed by atoms with van der Waals surface area (Å²) >= 11 is 1.73. The van der Waals surface area contributed by atoms with Crippen molar-refractivity contribution in [3.63, 3.8) is 0 Å². The number of thiophene rings is 1. The summed E-state index contributed by atoms with van der Waals surface area (Å²) in [6.07, 6.45) is -0.0140. The van der Waals surface area contributed by atoms with Gasteiger partial charge in [-0.2, -0.15) is 11.3 Å². The van der Waals surface area contributed by atoms with Crippen LogP contribution >= 0.6 is 11.3 Å². The lowest BCUT2D eigenvalue weighted by Crippen LogP contribution is -2.48. The molecule has 2 unspecified atom stereocenters. The van der Waals surface area contributed by atoms with Gasteiger partial charge in [-0.3, -0.25) is 4.90 Å². The van der Waals surface area contributed by atoms with Crippen molar-refractivity contribution in [1.29, 1.82) is 0 Å². The summed E-state index contributed by atoms with van der Waals surface area (Å²) in [5.41, 5.74) is 1.35. The highest BCUT2D eigenvalue weighted by atomic mass is 32.1. The summed E-state index contributed by atoms with van der Waals surface area (Å²) in [4.78, 5) is 2.37. The van der Waals surface area contributed by atoms with Gasteiger partial charge in [0.25, 0.3) is 0 Å². The normalized spacial score (nSPS) is 28.1. The summed E-state index contributed by atoms with van der Waals surface area (Å²) in [6.45, 7) is 4.79. The monoisotopic (exact) mass is 227 g/mol. The van der Waals surface area contributed by atoms with E-state index in [-0.39, 0.29) is 12.7 Å². The Labute approximate surface area is 94.3 Å². The average molecular weight is 227 g/mol. The van der Waals surface area contributed by atoms with Gasteiger partial charge >= 0.3 is 0 Å². The third-order valence-electron chi connectivity index (χ3n) is 2.80. The van der Waals surface area contributed by atoms with Crippen molar-refractivity contribution in [2.45, 2.75) is 25.6 Å². The van der Waals surface area contributed by atoms with Crippen molar-refractivity contribution >= 4 is 11.3 Å². The van der Waals surface area contributed by atoms with Crippen LogP contribution in [0.1, 0.15) is 12.5 Å². The Morgan fingerprint density at radius 1 is 1.67 bits per heavy atom. The fraction of sp³-hybridized carbons (Fsp3) is 0.636. The molecule has 1 aromatic rings. The molecule has 0 bridgehead atoms. The van der Waals surface area contributed by atoms with Gasteiger partial charge in [0, 0.05) is 19.1 Å². The smallest absolute Gasteiger partial charge is 0.0933 e. The van der Waals surface area contributed by atoms with Gasteiger partial charge in [-0.15, -0.1) is 0 Å². The number of aliphatic hydroxyl groups excluding tert-OH is 1. The molecule has 4 heteroatoms. The Bertz CT molecular complexity index is 289. The van der Waals surface area contributed by atoms with E-state index in [1.807, 2.05) is 0 Å². The van der Waals surface area contributed by atoms with Gasteiger partial charge in [-0.1, -0.05) is 0 Å². The van der Waals surface area contributed by atoms with Gasteiger partial charge in [0.1, 0.15) is 0 Å². The van der Waals surface area contributed by atoms with Crippen LogP contribution in [0.25, 0.3) is 0 Å². The fourth-order valence-corrected chi connectivity index (χ4v) is 2.48. The van der Waals surface area contributed by atoms with Gasteiger partial charge in [0.2, 0.25) is 0 Å². The van der Waals surface area contributed by atoms with Crippen molar-refractivity contribution in [3.05, 3.63) is 22.4 Å². The van der Waals surface area contributed by atoms with E-state index in [0.717, 1.165) is 19.7 Å². The second kappa shape index (κ2) is 5.07. The SMILES string of the molecule is CC1COC(CO)CN1Cc1ccsc1. The predicted octanol–water partition coefficient (Wildman–Crippen LogP) is 1.33. The largest absolute Gasteiger partial charge is 0.394 e. The van der Waals surface area contributed by atoms with E-state index in [9.17, 15) is 0 Å². The second-order valence-corrected chi connectivity index (χ2v) is 4.83. The minimum absolute atomic E-state index is 0.0140. The van der Waals surface area contributed by atoms with Crippen LogP contribution in [0.3, 0.4) is 0 Å². The summed E-state index contributed by atoms with van der Waals surface area (Å²) in [5, 5.41) is 13.3. The van der Waals surface area contributed by atoms with Crippen LogP contribution in [0.2, 0.25) is 0 Å². The number of nitrogens with zero attached hydrogens (tertiary/aromatic N) is 1. The molecule has 0 amide bonds. The topological polar surface area (TPSA) is 32.7 Å². The lowest BCUT2D eigenvalue weighted by atomic mass is 10.2. The zero-order chi connectivity index (χ0) is 10.7. The molecule has 1 saturated heterocycles. The molecule has 1 fully saturated rings. The second-order valence-electron chi connectivity index (χ2n) is 4.05. The van der Waals surface area contributed by atoms with Gasteiger partial charge in [0.05, 0.1) is 19.3 Å². The highest BCUT2D eigenvalue weighted by Crippen LogP contribution is 2.16. The predicted molar refractivity (Wildman–Crippen MR) is 61.0 cm³/mol. The number of morpholine rings is 1. The Morgan fingerprint density at radius 2 is 2.53 bits per heavy atom. The highest BCUT2D eigenvalue weighted by Gasteiger charge is 2.25. The maximum Gasteiger partial charge on any atom is 0.0933 e. The van der Waals surface area contributed by atoms with Gasteiger partial charge in [-0.25, -0.2) is 0 Å². The lowest BCUT2D eigenvalue weighted by molar-refractivity contribution is -0.0805. The van der Waals surface area contributed by atoms with Gasteiger partial charge < -0.3 is 9.84 Å². The Balaban J connectivity index is 1.94. The first kappa shape index (κ1) is 11.1. The van der Waals surface area contributed by atoms with E-state index >= 15 is 0 Å². The molecule has 1 aliphatic heterocycles. The van der Waals surface area contributed by atoms with E-state index < -0.39 is 0 Å². The average Bonchev–Trinajstić information content (AvgIpc) is 2.74. The van der Waals surface area contributed by atoms with Crippen molar-refractivity contribution in [2.75, 3.05) is 19.8 Å². The molecule has 15 heavy (non-hydrogen) atoms. The zero-order valence-corrected chi connectivity index (χ0v) is 9.74. The third kappa shape index (κ3) is 2.78. The molecule has 84 valence electrons. The molecule has 1 N–H and O–H groups in total. The minimum atomic E-state index is -0.0140. The Hall–Kier alpha value is -0.420. The minimum Gasteiger partial charge on any atom is -0.394 e. The lowest BCUT2D eigenvalue weighted by Gasteiger charge is -2.37. The Kier molecular flexibility index (Phi) is 3.75. The summed E-state index contributed by atoms with van der Waals surface area (Å²) in [5.74, 6) is 0. The summed E-state index contributed by atoms with van der Waals surface area (Å²) in [7, 11) is 0. The molecule has 0 saturated carbocycles. The maximum atomic E-state index is 9.07. The molecule has 2 heterocycles. The molecule has 0 aliphatic carbocycles. The number of rotatable bonds is 3. The Morgan fingerprint density at radius 3 is 3.20 bits per heavy atom. The van der Waals surface area contributed by atoms with Crippen LogP contribution in [-0.2, 0) is 11.3 Å². The van der Waals surface area contributed by atoms with Crippen LogP contribution in [0.5, 0.6) is 0 Å². The van der Waals surface area contributed by atoms with Gasteiger partial charge in [0.15, 0.2) is 0 Å². The first-order chi connectivity index (χ1) is 7.29. The molecular formula is C11H17NO2S. The number of hydrogen-bond donors (Lipinski definition) is 1. The van der Waals surface area contributed by atoms with Crippen LogP contribution < -0.4 is 0 Å². The molecule has 0 radical (unpaired) electrons. The molecule has 1 aliphatic rings. The van der Waals surface area contributed by atoms with E-state index in [2.05, 4.69) is 28.7 Å². The molecule has 3 nitrogen and oxygen atoms in total. The molecular weight excluding hydrogens is 210 g/mol. The molecule has 2 atom stereocenters. The molecule has 1 aromatic heterocycles. The first-order valence-corrected chi connectivity index (χ1v) is 6.21. The summed E-state index contributed by atoms with van der Waals surface area (Å²) < 4.78 is 5.50. The fourth-order valence-electron chi connectivity index (χ4n) is 1.82. The van der Waals surface area contributed by atoms with Gasteiger partial charge in [-0.05, 0) is 29.3 Å². The van der Waals surface area contributed by atoms with Crippen molar-refractivity contribution in [2.24, 2.45) is 0 Å².